The van der Waals surface area contributed by atoms with E-state index in [1.165, 1.54) is 10.8 Å². The summed E-state index contributed by atoms with van der Waals surface area (Å²) >= 11 is 6.12. The van der Waals surface area contributed by atoms with Crippen molar-refractivity contribution in [3.05, 3.63) is 66.9 Å². The van der Waals surface area contributed by atoms with Gasteiger partial charge in [0, 0.05) is 16.8 Å². The van der Waals surface area contributed by atoms with Crippen molar-refractivity contribution in [2.24, 2.45) is 0 Å². The molecule has 0 saturated heterocycles. The Morgan fingerprint density at radius 1 is 1.28 bits per heavy atom. The zero-order valence-electron chi connectivity index (χ0n) is 10.2. The van der Waals surface area contributed by atoms with E-state index in [9.17, 15) is 9.59 Å². The summed E-state index contributed by atoms with van der Waals surface area (Å²) in [6.45, 7) is 3.95. The molecule has 0 aliphatic heterocycles. The Labute approximate surface area is 109 Å². The zero-order valence-corrected chi connectivity index (χ0v) is 10.9. The van der Waals surface area contributed by atoms with Gasteiger partial charge in [-0.1, -0.05) is 23.7 Å². The predicted octanol–water partition coefficient (Wildman–Crippen LogP) is 1.86. The number of aryl methyl sites for hydroxylation is 2. The van der Waals surface area contributed by atoms with Crippen LogP contribution >= 0.6 is 11.6 Å². The monoisotopic (exact) mass is 264 g/mol. The van der Waals surface area contributed by atoms with Crippen LogP contribution in [0.2, 0.25) is 5.02 Å². The van der Waals surface area contributed by atoms with E-state index in [0.29, 0.717) is 17.1 Å². The maximum Gasteiger partial charge on any atom is 0.328 e. The topological polar surface area (TPSA) is 54.9 Å². The maximum atomic E-state index is 11.6. The van der Waals surface area contributed by atoms with Gasteiger partial charge in [-0.15, -0.1) is 0 Å². The van der Waals surface area contributed by atoms with Crippen LogP contribution in [0, 0.1) is 13.8 Å². The SMILES string of the molecule is Cc1ccc(Cn2cc(C)c(=O)[nH]c2=O)c(Cl)c1. The average molecular weight is 265 g/mol. The molecule has 0 spiro atoms. The number of nitrogens with zero attached hydrogens (tertiary/aromatic N) is 1. The molecular formula is C13H13ClN2O2. The molecule has 0 unspecified atom stereocenters. The summed E-state index contributed by atoms with van der Waals surface area (Å²) in [6, 6.07) is 5.66. The van der Waals surface area contributed by atoms with E-state index >= 15 is 0 Å². The van der Waals surface area contributed by atoms with E-state index in [1.807, 2.05) is 25.1 Å². The van der Waals surface area contributed by atoms with E-state index in [0.717, 1.165) is 11.1 Å². The third kappa shape index (κ3) is 2.54. The molecule has 2 rings (SSSR count). The van der Waals surface area contributed by atoms with E-state index in [2.05, 4.69) is 4.98 Å². The predicted molar refractivity (Wildman–Crippen MR) is 71.4 cm³/mol. The highest BCUT2D eigenvalue weighted by Crippen LogP contribution is 2.18. The van der Waals surface area contributed by atoms with E-state index in [-0.39, 0.29) is 5.56 Å². The van der Waals surface area contributed by atoms with Gasteiger partial charge in [-0.25, -0.2) is 4.79 Å². The van der Waals surface area contributed by atoms with Crippen LogP contribution in [0.15, 0.2) is 34.0 Å². The van der Waals surface area contributed by atoms with E-state index < -0.39 is 5.69 Å². The standard InChI is InChI=1S/C13H13ClN2O2/c1-8-3-4-10(11(14)5-8)7-16-6-9(2)12(17)15-13(16)18/h3-6H,7H2,1-2H3,(H,15,17,18). The number of benzene rings is 1. The summed E-state index contributed by atoms with van der Waals surface area (Å²) in [4.78, 5) is 25.2. The van der Waals surface area contributed by atoms with Crippen LogP contribution in [-0.2, 0) is 6.54 Å². The minimum absolute atomic E-state index is 0.343. The highest BCUT2D eigenvalue weighted by Gasteiger charge is 2.05. The van der Waals surface area contributed by atoms with Gasteiger partial charge in [0.25, 0.3) is 5.56 Å². The zero-order chi connectivity index (χ0) is 13.3. The Balaban J connectivity index is 2.43. The van der Waals surface area contributed by atoms with Gasteiger partial charge in [0.1, 0.15) is 0 Å². The highest BCUT2D eigenvalue weighted by atomic mass is 35.5. The van der Waals surface area contributed by atoms with Gasteiger partial charge in [0.2, 0.25) is 0 Å². The summed E-state index contributed by atoms with van der Waals surface area (Å²) in [5, 5.41) is 0.616. The van der Waals surface area contributed by atoms with Crippen molar-refractivity contribution < 1.29 is 0 Å². The van der Waals surface area contributed by atoms with Crippen molar-refractivity contribution in [1.82, 2.24) is 9.55 Å². The third-order valence-corrected chi connectivity index (χ3v) is 3.09. The molecule has 1 heterocycles. The second-order valence-electron chi connectivity index (χ2n) is 4.29. The molecule has 2 aromatic rings. The van der Waals surface area contributed by atoms with Crippen LogP contribution in [0.5, 0.6) is 0 Å². The quantitative estimate of drug-likeness (QED) is 0.900. The fourth-order valence-electron chi connectivity index (χ4n) is 1.70. The molecule has 0 fully saturated rings. The molecule has 1 aromatic carbocycles. The van der Waals surface area contributed by atoms with E-state index in [4.69, 9.17) is 11.6 Å². The first-order chi connectivity index (χ1) is 8.47. The normalized spacial score (nSPS) is 10.6. The van der Waals surface area contributed by atoms with Crippen LogP contribution < -0.4 is 11.2 Å². The molecule has 0 aliphatic rings. The summed E-state index contributed by atoms with van der Waals surface area (Å²) < 4.78 is 1.44. The Kier molecular flexibility index (Phi) is 3.39. The number of aromatic nitrogens is 2. The lowest BCUT2D eigenvalue weighted by Gasteiger charge is -2.08. The van der Waals surface area contributed by atoms with E-state index in [1.54, 1.807) is 6.92 Å². The number of H-pyrrole nitrogens is 1. The lowest BCUT2D eigenvalue weighted by Crippen LogP contribution is -2.31. The lowest BCUT2D eigenvalue weighted by atomic mass is 10.1. The van der Waals surface area contributed by atoms with Crippen molar-refractivity contribution >= 4 is 11.6 Å². The number of rotatable bonds is 2. The molecule has 0 bridgehead atoms. The Hall–Kier alpha value is -1.81. The van der Waals surface area contributed by atoms with Gasteiger partial charge in [0.05, 0.1) is 6.54 Å². The fraction of sp³-hybridized carbons (Fsp3) is 0.231. The summed E-state index contributed by atoms with van der Waals surface area (Å²) in [5.74, 6) is 0. The maximum absolute atomic E-state index is 11.6. The summed E-state index contributed by atoms with van der Waals surface area (Å²) in [6.07, 6.45) is 1.54. The molecule has 0 saturated carbocycles. The van der Waals surface area contributed by atoms with Gasteiger partial charge in [-0.3, -0.25) is 14.3 Å². The summed E-state index contributed by atoms with van der Waals surface area (Å²) in [7, 11) is 0. The largest absolute Gasteiger partial charge is 0.328 e. The molecular weight excluding hydrogens is 252 g/mol. The number of halogens is 1. The highest BCUT2D eigenvalue weighted by molar-refractivity contribution is 6.31. The Morgan fingerprint density at radius 2 is 2.00 bits per heavy atom. The second-order valence-corrected chi connectivity index (χ2v) is 4.70. The summed E-state index contributed by atoms with van der Waals surface area (Å²) in [5.41, 5.74) is 1.62. The molecule has 1 N–H and O–H groups in total. The van der Waals surface area contributed by atoms with Crippen molar-refractivity contribution in [1.29, 1.82) is 0 Å². The van der Waals surface area contributed by atoms with Crippen LogP contribution in [0.3, 0.4) is 0 Å². The van der Waals surface area contributed by atoms with Gasteiger partial charge >= 0.3 is 5.69 Å². The Morgan fingerprint density at radius 3 is 2.67 bits per heavy atom. The van der Waals surface area contributed by atoms with Crippen LogP contribution in [0.1, 0.15) is 16.7 Å². The average Bonchev–Trinajstić information content (AvgIpc) is 2.29. The van der Waals surface area contributed by atoms with Crippen LogP contribution in [0.4, 0.5) is 0 Å². The van der Waals surface area contributed by atoms with Crippen molar-refractivity contribution in [3.8, 4) is 0 Å². The van der Waals surface area contributed by atoms with Crippen molar-refractivity contribution in [3.63, 3.8) is 0 Å². The number of hydrogen-bond donors (Lipinski definition) is 1. The van der Waals surface area contributed by atoms with Crippen LogP contribution in [-0.4, -0.2) is 9.55 Å². The first-order valence-corrected chi connectivity index (χ1v) is 5.90. The minimum Gasteiger partial charge on any atom is -0.296 e. The molecule has 5 heteroatoms. The molecule has 0 aliphatic carbocycles. The minimum atomic E-state index is -0.428. The number of aromatic amines is 1. The number of hydrogen-bond acceptors (Lipinski definition) is 2. The first kappa shape index (κ1) is 12.6. The van der Waals surface area contributed by atoms with Gasteiger partial charge in [-0.05, 0) is 31.0 Å². The molecule has 18 heavy (non-hydrogen) atoms. The van der Waals surface area contributed by atoms with Crippen LogP contribution in [0.25, 0.3) is 0 Å². The lowest BCUT2D eigenvalue weighted by molar-refractivity contribution is 0.713. The third-order valence-electron chi connectivity index (χ3n) is 2.74. The fourth-order valence-corrected chi connectivity index (χ4v) is 1.99. The van der Waals surface area contributed by atoms with Gasteiger partial charge in [0.15, 0.2) is 0 Å². The smallest absolute Gasteiger partial charge is 0.296 e. The molecule has 0 atom stereocenters. The second kappa shape index (κ2) is 4.82. The molecule has 0 amide bonds. The first-order valence-electron chi connectivity index (χ1n) is 5.53. The molecule has 4 nitrogen and oxygen atoms in total. The Bertz CT molecular complexity index is 701. The van der Waals surface area contributed by atoms with Gasteiger partial charge in [-0.2, -0.15) is 0 Å². The van der Waals surface area contributed by atoms with Crippen molar-refractivity contribution in [2.75, 3.05) is 0 Å². The number of nitrogens with one attached hydrogen (secondary N) is 1. The molecule has 1 aromatic heterocycles. The molecule has 0 radical (unpaired) electrons. The molecule has 94 valence electrons. The van der Waals surface area contributed by atoms with Crippen molar-refractivity contribution in [2.45, 2.75) is 20.4 Å². The van der Waals surface area contributed by atoms with Gasteiger partial charge < -0.3 is 0 Å².